The van der Waals surface area contributed by atoms with Crippen LogP contribution in [0, 0.1) is 10.1 Å². The van der Waals surface area contributed by atoms with E-state index < -0.39 is 4.92 Å². The molecule has 5 nitrogen and oxygen atoms in total. The molecule has 0 saturated heterocycles. The van der Waals surface area contributed by atoms with Gasteiger partial charge in [0.1, 0.15) is 6.20 Å². The number of aryl methyl sites for hydroxylation is 1. The third kappa shape index (κ3) is 3.91. The second-order valence-corrected chi connectivity index (χ2v) is 4.39. The highest BCUT2D eigenvalue weighted by molar-refractivity contribution is 7.99. The van der Waals surface area contributed by atoms with Crippen molar-refractivity contribution < 1.29 is 4.92 Å². The van der Waals surface area contributed by atoms with Crippen molar-refractivity contribution in [2.75, 3.05) is 11.5 Å². The number of aromatic nitrogens is 2. The summed E-state index contributed by atoms with van der Waals surface area (Å²) in [5.41, 5.74) is 0. The van der Waals surface area contributed by atoms with E-state index in [2.05, 4.69) is 11.9 Å². The molecule has 0 aromatic carbocycles. The van der Waals surface area contributed by atoms with Gasteiger partial charge in [0.2, 0.25) is 0 Å². The fraction of sp³-hybridized carbons (Fsp3) is 0.667. The zero-order valence-corrected chi connectivity index (χ0v) is 9.57. The van der Waals surface area contributed by atoms with Crippen molar-refractivity contribution in [1.29, 1.82) is 0 Å². The van der Waals surface area contributed by atoms with Crippen LogP contribution >= 0.6 is 11.8 Å². The van der Waals surface area contributed by atoms with Gasteiger partial charge in [-0.05, 0) is 29.3 Å². The lowest BCUT2D eigenvalue weighted by Gasteiger charge is -2.00. The lowest BCUT2D eigenvalue weighted by Crippen LogP contribution is -2.02. The summed E-state index contributed by atoms with van der Waals surface area (Å²) in [7, 11) is 0. The normalized spacial score (nSPS) is 10.5. The van der Waals surface area contributed by atoms with Crippen molar-refractivity contribution in [3.05, 3.63) is 22.6 Å². The van der Waals surface area contributed by atoms with Gasteiger partial charge >= 0.3 is 5.82 Å². The van der Waals surface area contributed by atoms with Gasteiger partial charge in [-0.25, -0.2) is 9.55 Å². The van der Waals surface area contributed by atoms with Crippen molar-refractivity contribution >= 4 is 17.6 Å². The van der Waals surface area contributed by atoms with Crippen molar-refractivity contribution in [2.24, 2.45) is 0 Å². The van der Waals surface area contributed by atoms with Gasteiger partial charge in [-0.3, -0.25) is 0 Å². The second-order valence-electron chi connectivity index (χ2n) is 3.17. The molecule has 0 radical (unpaired) electrons. The topological polar surface area (TPSA) is 61.0 Å². The zero-order chi connectivity index (χ0) is 11.1. The van der Waals surface area contributed by atoms with Crippen LogP contribution in [0.15, 0.2) is 12.5 Å². The molecule has 0 spiro atoms. The molecule has 15 heavy (non-hydrogen) atoms. The molecular weight excluding hydrogens is 214 g/mol. The van der Waals surface area contributed by atoms with Gasteiger partial charge in [-0.2, -0.15) is 11.8 Å². The molecule has 1 heterocycles. The molecule has 0 bridgehead atoms. The minimum Gasteiger partial charge on any atom is -0.358 e. The van der Waals surface area contributed by atoms with Crippen LogP contribution in [0.3, 0.4) is 0 Å². The van der Waals surface area contributed by atoms with E-state index in [-0.39, 0.29) is 5.82 Å². The molecule has 0 fully saturated rings. The Labute approximate surface area is 93.0 Å². The van der Waals surface area contributed by atoms with E-state index in [0.29, 0.717) is 6.54 Å². The number of thioether (sulfide) groups is 1. The Bertz CT molecular complexity index is 314. The molecule has 0 atom stereocenters. The lowest BCUT2D eigenvalue weighted by atomic mass is 10.5. The third-order valence-corrected chi connectivity index (χ3v) is 3.19. The highest BCUT2D eigenvalue weighted by atomic mass is 32.2. The number of rotatable bonds is 7. The van der Waals surface area contributed by atoms with E-state index in [0.717, 1.165) is 17.9 Å². The highest BCUT2D eigenvalue weighted by Gasteiger charge is 2.11. The molecule has 0 saturated carbocycles. The molecule has 1 aromatic heterocycles. The number of nitrogens with zero attached hydrogens (tertiary/aromatic N) is 3. The van der Waals surface area contributed by atoms with Gasteiger partial charge in [-0.1, -0.05) is 6.92 Å². The van der Waals surface area contributed by atoms with E-state index in [1.807, 2.05) is 11.8 Å². The minimum absolute atomic E-state index is 0.0792. The summed E-state index contributed by atoms with van der Waals surface area (Å²) in [4.78, 5) is 13.9. The summed E-state index contributed by atoms with van der Waals surface area (Å²) in [6, 6.07) is 0. The highest BCUT2D eigenvalue weighted by Crippen LogP contribution is 2.11. The summed E-state index contributed by atoms with van der Waals surface area (Å²) >= 11 is 1.89. The summed E-state index contributed by atoms with van der Waals surface area (Å²) < 4.78 is 1.59. The smallest absolute Gasteiger partial charge is 0.342 e. The molecule has 1 aromatic rings. The van der Waals surface area contributed by atoms with Gasteiger partial charge in [0.25, 0.3) is 0 Å². The maximum Gasteiger partial charge on any atom is 0.342 e. The van der Waals surface area contributed by atoms with Crippen LogP contribution in [0.5, 0.6) is 0 Å². The van der Waals surface area contributed by atoms with E-state index in [1.165, 1.54) is 18.9 Å². The molecule has 84 valence electrons. The van der Waals surface area contributed by atoms with Crippen LogP contribution in [0.4, 0.5) is 5.82 Å². The molecule has 0 aliphatic heterocycles. The average molecular weight is 229 g/mol. The van der Waals surface area contributed by atoms with Crippen LogP contribution < -0.4 is 0 Å². The number of nitro groups is 1. The van der Waals surface area contributed by atoms with Gasteiger partial charge in [0, 0.05) is 0 Å². The molecule has 1 rings (SSSR count). The van der Waals surface area contributed by atoms with Crippen LogP contribution in [0.2, 0.25) is 0 Å². The molecule has 0 N–H and O–H groups in total. The fourth-order valence-electron chi connectivity index (χ4n) is 1.22. The van der Waals surface area contributed by atoms with Crippen LogP contribution in [0.25, 0.3) is 0 Å². The summed E-state index contributed by atoms with van der Waals surface area (Å²) in [6.07, 6.45) is 4.93. The van der Waals surface area contributed by atoms with Crippen molar-refractivity contribution in [3.63, 3.8) is 0 Å². The van der Waals surface area contributed by atoms with E-state index in [1.54, 1.807) is 4.57 Å². The SMILES string of the molecule is CCCSCCCn1cncc1[N+](=O)[O-]. The molecule has 0 unspecified atom stereocenters. The Kier molecular flexibility index (Phi) is 5.17. The zero-order valence-electron chi connectivity index (χ0n) is 8.76. The average Bonchev–Trinajstić information content (AvgIpc) is 2.66. The summed E-state index contributed by atoms with van der Waals surface area (Å²) in [6.45, 7) is 2.82. The Morgan fingerprint density at radius 1 is 1.60 bits per heavy atom. The molecule has 0 aliphatic rings. The number of hydrogen-bond donors (Lipinski definition) is 0. The largest absolute Gasteiger partial charge is 0.358 e. The van der Waals surface area contributed by atoms with Gasteiger partial charge in [0.05, 0.1) is 6.54 Å². The Hall–Kier alpha value is -1.04. The standard InChI is InChI=1S/C9H15N3O2S/c1-2-5-15-6-3-4-11-8-10-7-9(11)12(13)14/h7-8H,2-6H2,1H3. The van der Waals surface area contributed by atoms with Gasteiger partial charge < -0.3 is 10.1 Å². The Balaban J connectivity index is 2.31. The predicted octanol–water partition coefficient (Wildman–Crippen LogP) is 2.32. The second kappa shape index (κ2) is 6.44. The maximum absolute atomic E-state index is 10.6. The first-order valence-electron chi connectivity index (χ1n) is 4.98. The predicted molar refractivity (Wildman–Crippen MR) is 61.1 cm³/mol. The molecule has 0 amide bonds. The van der Waals surface area contributed by atoms with Gasteiger partial charge in [0.15, 0.2) is 6.33 Å². The van der Waals surface area contributed by atoms with Crippen molar-refractivity contribution in [1.82, 2.24) is 9.55 Å². The van der Waals surface area contributed by atoms with E-state index >= 15 is 0 Å². The fourth-order valence-corrected chi connectivity index (χ4v) is 2.05. The monoisotopic (exact) mass is 229 g/mol. The number of hydrogen-bond acceptors (Lipinski definition) is 4. The number of imidazole rings is 1. The van der Waals surface area contributed by atoms with Crippen LogP contribution in [-0.4, -0.2) is 26.0 Å². The molecule has 0 aliphatic carbocycles. The van der Waals surface area contributed by atoms with Gasteiger partial charge in [-0.15, -0.1) is 0 Å². The lowest BCUT2D eigenvalue weighted by molar-refractivity contribution is -0.392. The van der Waals surface area contributed by atoms with Crippen molar-refractivity contribution in [2.45, 2.75) is 26.3 Å². The molecular formula is C9H15N3O2S. The van der Waals surface area contributed by atoms with Crippen LogP contribution in [0.1, 0.15) is 19.8 Å². The minimum atomic E-state index is -0.397. The van der Waals surface area contributed by atoms with E-state index in [4.69, 9.17) is 0 Å². The Morgan fingerprint density at radius 3 is 3.07 bits per heavy atom. The quantitative estimate of drug-likeness (QED) is 0.409. The van der Waals surface area contributed by atoms with Crippen molar-refractivity contribution in [3.8, 4) is 0 Å². The maximum atomic E-state index is 10.6. The third-order valence-electron chi connectivity index (χ3n) is 1.91. The van der Waals surface area contributed by atoms with E-state index in [9.17, 15) is 10.1 Å². The molecule has 6 heteroatoms. The Morgan fingerprint density at radius 2 is 2.40 bits per heavy atom. The first kappa shape index (κ1) is 12.0. The summed E-state index contributed by atoms with van der Waals surface area (Å²) in [5.74, 6) is 2.28. The first-order chi connectivity index (χ1) is 7.25. The first-order valence-corrected chi connectivity index (χ1v) is 6.13. The van der Waals surface area contributed by atoms with Crippen LogP contribution in [-0.2, 0) is 6.54 Å². The summed E-state index contributed by atoms with van der Waals surface area (Å²) in [5, 5.41) is 10.6.